The Bertz CT molecular complexity index is 251. The van der Waals surface area contributed by atoms with Crippen LogP contribution in [0.25, 0.3) is 0 Å². The van der Waals surface area contributed by atoms with E-state index in [9.17, 15) is 4.79 Å². The van der Waals surface area contributed by atoms with Gasteiger partial charge in [0.1, 0.15) is 6.04 Å². The van der Waals surface area contributed by atoms with Crippen molar-refractivity contribution < 1.29 is 9.90 Å². The zero-order valence-corrected chi connectivity index (χ0v) is 12.7. The number of thiol groups is 2. The lowest BCUT2D eigenvalue weighted by Crippen LogP contribution is -2.36. The summed E-state index contributed by atoms with van der Waals surface area (Å²) in [5, 5.41) is 9.53. The van der Waals surface area contributed by atoms with Gasteiger partial charge in [-0.3, -0.25) is 9.69 Å². The van der Waals surface area contributed by atoms with Crippen molar-refractivity contribution in [1.29, 1.82) is 0 Å². The SMILES string of the molecule is O=C(O)C1CCCN1CCCCCC(S)CCS. The Balaban J connectivity index is 2.05. The van der Waals surface area contributed by atoms with Crippen LogP contribution in [0.5, 0.6) is 0 Å². The minimum atomic E-state index is -0.656. The fourth-order valence-corrected chi connectivity index (χ4v) is 3.37. The normalized spacial score (nSPS) is 22.2. The quantitative estimate of drug-likeness (QED) is 0.452. The number of nitrogens with zero attached hydrogens (tertiary/aromatic N) is 1. The minimum absolute atomic E-state index is 0.230. The third kappa shape index (κ3) is 5.85. The Morgan fingerprint density at radius 2 is 2.11 bits per heavy atom. The summed E-state index contributed by atoms with van der Waals surface area (Å²) in [6.07, 6.45) is 7.52. The fourth-order valence-electron chi connectivity index (χ4n) is 2.54. The summed E-state index contributed by atoms with van der Waals surface area (Å²) < 4.78 is 0. The van der Waals surface area contributed by atoms with Crippen molar-refractivity contribution in [2.75, 3.05) is 18.8 Å². The first kappa shape index (κ1) is 16.2. The zero-order chi connectivity index (χ0) is 13.4. The van der Waals surface area contributed by atoms with Crippen molar-refractivity contribution in [1.82, 2.24) is 4.90 Å². The van der Waals surface area contributed by atoms with Crippen molar-refractivity contribution in [3.8, 4) is 0 Å². The maximum Gasteiger partial charge on any atom is 0.320 e. The summed E-state index contributed by atoms with van der Waals surface area (Å²) in [6, 6.07) is -0.230. The molecule has 0 aliphatic carbocycles. The molecule has 1 N–H and O–H groups in total. The highest BCUT2D eigenvalue weighted by Gasteiger charge is 2.29. The monoisotopic (exact) mass is 291 g/mol. The molecule has 1 aliphatic rings. The van der Waals surface area contributed by atoms with Crippen LogP contribution >= 0.6 is 25.3 Å². The van der Waals surface area contributed by atoms with E-state index in [-0.39, 0.29) is 6.04 Å². The van der Waals surface area contributed by atoms with E-state index < -0.39 is 5.97 Å². The summed E-state index contributed by atoms with van der Waals surface area (Å²) in [6.45, 7) is 1.88. The molecule has 0 aromatic rings. The van der Waals surface area contributed by atoms with Crippen molar-refractivity contribution >= 4 is 31.2 Å². The third-order valence-electron chi connectivity index (χ3n) is 3.59. The van der Waals surface area contributed by atoms with Crippen LogP contribution in [0.2, 0.25) is 0 Å². The Morgan fingerprint density at radius 3 is 2.78 bits per heavy atom. The first-order valence-electron chi connectivity index (χ1n) is 6.91. The number of rotatable bonds is 9. The van der Waals surface area contributed by atoms with Crippen LogP contribution in [0.4, 0.5) is 0 Å². The van der Waals surface area contributed by atoms with Gasteiger partial charge in [-0.05, 0) is 50.9 Å². The number of hydrogen-bond donors (Lipinski definition) is 3. The smallest absolute Gasteiger partial charge is 0.320 e. The van der Waals surface area contributed by atoms with Crippen LogP contribution in [0, 0.1) is 0 Å². The Labute approximate surface area is 121 Å². The molecule has 0 aromatic carbocycles. The van der Waals surface area contributed by atoms with Gasteiger partial charge in [-0.2, -0.15) is 25.3 Å². The predicted octanol–water partition coefficient (Wildman–Crippen LogP) is 2.71. The number of carboxylic acid groups (broad SMARTS) is 1. The molecular weight excluding hydrogens is 266 g/mol. The molecule has 1 rings (SSSR count). The molecule has 0 bridgehead atoms. The van der Waals surface area contributed by atoms with Gasteiger partial charge in [0.25, 0.3) is 0 Å². The largest absolute Gasteiger partial charge is 0.480 e. The first-order chi connectivity index (χ1) is 8.65. The molecule has 1 heterocycles. The fraction of sp³-hybridized carbons (Fsp3) is 0.923. The van der Waals surface area contributed by atoms with E-state index >= 15 is 0 Å². The standard InChI is InChI=1S/C13H25NO2S2/c15-13(16)12-6-4-9-14(12)8-3-1-2-5-11(18)7-10-17/h11-12,17-18H,1-10H2,(H,15,16). The highest BCUT2D eigenvalue weighted by atomic mass is 32.1. The molecule has 0 saturated carbocycles. The molecule has 1 fully saturated rings. The van der Waals surface area contributed by atoms with E-state index in [0.29, 0.717) is 5.25 Å². The molecule has 2 atom stereocenters. The van der Waals surface area contributed by atoms with Gasteiger partial charge in [0, 0.05) is 5.25 Å². The van der Waals surface area contributed by atoms with E-state index in [1.165, 1.54) is 12.8 Å². The summed E-state index contributed by atoms with van der Waals surface area (Å²) in [7, 11) is 0. The van der Waals surface area contributed by atoms with Crippen LogP contribution in [-0.2, 0) is 4.79 Å². The third-order valence-corrected chi connectivity index (χ3v) is 4.37. The van der Waals surface area contributed by atoms with Gasteiger partial charge in [-0.1, -0.05) is 12.8 Å². The Hall–Kier alpha value is 0.130. The number of unbranched alkanes of at least 4 members (excludes halogenated alkanes) is 2. The molecule has 0 radical (unpaired) electrons. The second-order valence-electron chi connectivity index (χ2n) is 5.05. The number of carbonyl (C=O) groups is 1. The van der Waals surface area contributed by atoms with Crippen LogP contribution in [-0.4, -0.2) is 46.1 Å². The van der Waals surface area contributed by atoms with Gasteiger partial charge >= 0.3 is 5.97 Å². The average molecular weight is 291 g/mol. The zero-order valence-electron chi connectivity index (χ0n) is 10.9. The molecule has 0 aromatic heterocycles. The first-order valence-corrected chi connectivity index (χ1v) is 8.06. The van der Waals surface area contributed by atoms with Gasteiger partial charge < -0.3 is 5.11 Å². The van der Waals surface area contributed by atoms with Crippen LogP contribution < -0.4 is 0 Å². The second kappa shape index (κ2) is 9.10. The van der Waals surface area contributed by atoms with Gasteiger partial charge in [0.15, 0.2) is 0 Å². The number of aliphatic carboxylic acids is 1. The lowest BCUT2D eigenvalue weighted by Gasteiger charge is -2.20. The maximum atomic E-state index is 11.0. The van der Waals surface area contributed by atoms with Crippen molar-refractivity contribution in [3.05, 3.63) is 0 Å². The maximum absolute atomic E-state index is 11.0. The van der Waals surface area contributed by atoms with E-state index in [4.69, 9.17) is 5.11 Å². The molecule has 3 nitrogen and oxygen atoms in total. The van der Waals surface area contributed by atoms with E-state index in [1.807, 2.05) is 0 Å². The van der Waals surface area contributed by atoms with E-state index in [0.717, 1.165) is 50.9 Å². The highest BCUT2D eigenvalue weighted by molar-refractivity contribution is 7.81. The van der Waals surface area contributed by atoms with Crippen LogP contribution in [0.3, 0.4) is 0 Å². The molecule has 1 aliphatic heterocycles. The van der Waals surface area contributed by atoms with E-state index in [1.54, 1.807) is 0 Å². The summed E-state index contributed by atoms with van der Waals surface area (Å²) in [5.74, 6) is 0.249. The molecular formula is C13H25NO2S2. The molecule has 0 amide bonds. The highest BCUT2D eigenvalue weighted by Crippen LogP contribution is 2.19. The number of likely N-dealkylation sites (tertiary alicyclic amines) is 1. The van der Waals surface area contributed by atoms with Gasteiger partial charge in [0.05, 0.1) is 0 Å². The molecule has 106 valence electrons. The summed E-state index contributed by atoms with van der Waals surface area (Å²) in [5.41, 5.74) is 0. The average Bonchev–Trinajstić information content (AvgIpc) is 2.77. The van der Waals surface area contributed by atoms with Crippen LogP contribution in [0.1, 0.15) is 44.9 Å². The lowest BCUT2D eigenvalue weighted by molar-refractivity contribution is -0.142. The molecule has 1 saturated heterocycles. The van der Waals surface area contributed by atoms with Crippen molar-refractivity contribution in [2.45, 2.75) is 56.2 Å². The van der Waals surface area contributed by atoms with Gasteiger partial charge in [0.2, 0.25) is 0 Å². The second-order valence-corrected chi connectivity index (χ2v) is 6.23. The number of carboxylic acids is 1. The summed E-state index contributed by atoms with van der Waals surface area (Å²) in [4.78, 5) is 13.1. The van der Waals surface area contributed by atoms with Gasteiger partial charge in [-0.25, -0.2) is 0 Å². The topological polar surface area (TPSA) is 40.5 Å². The summed E-state index contributed by atoms with van der Waals surface area (Å²) >= 11 is 8.70. The van der Waals surface area contributed by atoms with Gasteiger partial charge in [-0.15, -0.1) is 0 Å². The van der Waals surface area contributed by atoms with Crippen molar-refractivity contribution in [2.24, 2.45) is 0 Å². The number of hydrogen-bond acceptors (Lipinski definition) is 4. The van der Waals surface area contributed by atoms with E-state index in [2.05, 4.69) is 30.2 Å². The molecule has 2 unspecified atom stereocenters. The van der Waals surface area contributed by atoms with Crippen LogP contribution in [0.15, 0.2) is 0 Å². The Kier molecular flexibility index (Phi) is 8.18. The lowest BCUT2D eigenvalue weighted by atomic mass is 10.1. The molecule has 18 heavy (non-hydrogen) atoms. The minimum Gasteiger partial charge on any atom is -0.480 e. The molecule has 5 heteroatoms. The Morgan fingerprint density at radius 1 is 1.33 bits per heavy atom. The van der Waals surface area contributed by atoms with Crippen molar-refractivity contribution in [3.63, 3.8) is 0 Å². The molecule has 0 spiro atoms. The predicted molar refractivity (Wildman–Crippen MR) is 81.9 cm³/mol.